The molecule has 0 spiro atoms. The lowest BCUT2D eigenvalue weighted by Crippen LogP contribution is -2.13. The zero-order valence-corrected chi connectivity index (χ0v) is 15.7. The van der Waals surface area contributed by atoms with Crippen molar-refractivity contribution in [1.29, 1.82) is 0 Å². The summed E-state index contributed by atoms with van der Waals surface area (Å²) in [4.78, 5) is 4.74. The van der Waals surface area contributed by atoms with E-state index >= 15 is 0 Å². The molecule has 0 saturated carbocycles. The van der Waals surface area contributed by atoms with Gasteiger partial charge in [0.1, 0.15) is 36.3 Å². The van der Waals surface area contributed by atoms with Gasteiger partial charge in [-0.25, -0.2) is 4.98 Å². The maximum atomic E-state index is 5.95. The van der Waals surface area contributed by atoms with Gasteiger partial charge < -0.3 is 18.8 Å². The van der Waals surface area contributed by atoms with Crippen molar-refractivity contribution in [2.45, 2.75) is 13.2 Å². The van der Waals surface area contributed by atoms with Gasteiger partial charge in [0, 0.05) is 0 Å². The fourth-order valence-electron chi connectivity index (χ4n) is 3.08. The second-order valence-electron chi connectivity index (χ2n) is 6.29. The smallest absolute Gasteiger partial charge is 0.148 e. The predicted octanol–water partition coefficient (Wildman–Crippen LogP) is 4.70. The van der Waals surface area contributed by atoms with Crippen LogP contribution in [-0.4, -0.2) is 23.3 Å². The lowest BCUT2D eigenvalue weighted by Gasteiger charge is -2.12. The number of ether oxygens (including phenoxy) is 3. The van der Waals surface area contributed by atoms with Crippen LogP contribution in [0.2, 0.25) is 0 Å². The molecular formula is C23H22N2O3. The van der Waals surface area contributed by atoms with Gasteiger partial charge in [-0.15, -0.1) is 0 Å². The quantitative estimate of drug-likeness (QED) is 0.448. The maximum Gasteiger partial charge on any atom is 0.148 e. The predicted molar refractivity (Wildman–Crippen MR) is 109 cm³/mol. The van der Waals surface area contributed by atoms with Crippen molar-refractivity contribution in [2.24, 2.45) is 0 Å². The van der Waals surface area contributed by atoms with E-state index in [1.807, 2.05) is 72.8 Å². The molecule has 0 saturated heterocycles. The third-order valence-corrected chi connectivity index (χ3v) is 4.49. The van der Waals surface area contributed by atoms with E-state index in [1.54, 1.807) is 7.11 Å². The van der Waals surface area contributed by atoms with E-state index in [0.29, 0.717) is 19.8 Å². The highest BCUT2D eigenvalue weighted by Crippen LogP contribution is 2.21. The Morgan fingerprint density at radius 3 is 2.21 bits per heavy atom. The highest BCUT2D eigenvalue weighted by atomic mass is 16.5. The molecule has 0 unspecified atom stereocenters. The van der Waals surface area contributed by atoms with Crippen LogP contribution in [0.15, 0.2) is 78.9 Å². The lowest BCUT2D eigenvalue weighted by molar-refractivity contribution is 0.272. The van der Waals surface area contributed by atoms with Crippen LogP contribution in [0.1, 0.15) is 5.82 Å². The van der Waals surface area contributed by atoms with Crippen LogP contribution in [0.4, 0.5) is 0 Å². The first-order valence-electron chi connectivity index (χ1n) is 9.22. The van der Waals surface area contributed by atoms with Crippen LogP contribution in [0.3, 0.4) is 0 Å². The van der Waals surface area contributed by atoms with Crippen LogP contribution >= 0.6 is 0 Å². The molecule has 4 rings (SSSR count). The summed E-state index contributed by atoms with van der Waals surface area (Å²) in [7, 11) is 1.65. The minimum Gasteiger partial charge on any atom is -0.497 e. The molecular weight excluding hydrogens is 352 g/mol. The summed E-state index contributed by atoms with van der Waals surface area (Å²) >= 11 is 0. The molecule has 3 aromatic carbocycles. The molecule has 0 atom stereocenters. The van der Waals surface area contributed by atoms with Gasteiger partial charge in [-0.05, 0) is 48.5 Å². The molecule has 142 valence electrons. The van der Waals surface area contributed by atoms with E-state index in [2.05, 4.69) is 10.6 Å². The normalized spacial score (nSPS) is 10.8. The molecule has 5 nitrogen and oxygen atoms in total. The standard InChI is InChI=1S/C23H22N2O3/c1-26-18-11-13-20(14-12-18)28-17-23-24-21-9-5-6-10-22(21)25(23)15-16-27-19-7-3-2-4-8-19/h2-14H,15-17H2,1H3. The third-order valence-electron chi connectivity index (χ3n) is 4.49. The van der Waals surface area contributed by atoms with Gasteiger partial charge in [-0.2, -0.15) is 0 Å². The van der Waals surface area contributed by atoms with E-state index in [4.69, 9.17) is 19.2 Å². The fraction of sp³-hybridized carbons (Fsp3) is 0.174. The third kappa shape index (κ3) is 4.09. The molecule has 0 N–H and O–H groups in total. The Hall–Kier alpha value is -3.47. The summed E-state index contributed by atoms with van der Waals surface area (Å²) < 4.78 is 19.2. The summed E-state index contributed by atoms with van der Waals surface area (Å²) in [6.45, 7) is 1.63. The topological polar surface area (TPSA) is 45.5 Å². The minimum absolute atomic E-state index is 0.381. The summed E-state index contributed by atoms with van der Waals surface area (Å²) in [6.07, 6.45) is 0. The van der Waals surface area contributed by atoms with Gasteiger partial charge >= 0.3 is 0 Å². The first kappa shape index (κ1) is 17.9. The minimum atomic E-state index is 0.381. The summed E-state index contributed by atoms with van der Waals surface area (Å²) in [5, 5.41) is 0. The van der Waals surface area contributed by atoms with Crippen molar-refractivity contribution in [2.75, 3.05) is 13.7 Å². The lowest BCUT2D eigenvalue weighted by atomic mass is 10.3. The Kier molecular flexibility index (Phi) is 5.43. The van der Waals surface area contributed by atoms with Gasteiger partial charge in [-0.3, -0.25) is 0 Å². The number of aromatic nitrogens is 2. The molecule has 0 aliphatic rings. The van der Waals surface area contributed by atoms with Gasteiger partial charge in [0.2, 0.25) is 0 Å². The average Bonchev–Trinajstić information content (AvgIpc) is 3.11. The average molecular weight is 374 g/mol. The molecule has 4 aromatic rings. The zero-order valence-electron chi connectivity index (χ0n) is 15.7. The first-order chi connectivity index (χ1) is 13.8. The van der Waals surface area contributed by atoms with Gasteiger partial charge in [-0.1, -0.05) is 30.3 Å². The number of benzene rings is 3. The second kappa shape index (κ2) is 8.48. The molecule has 1 aromatic heterocycles. The zero-order chi connectivity index (χ0) is 19.2. The van der Waals surface area contributed by atoms with E-state index < -0.39 is 0 Å². The van der Waals surface area contributed by atoms with Crippen molar-refractivity contribution >= 4 is 11.0 Å². The summed E-state index contributed by atoms with van der Waals surface area (Å²) in [6, 6.07) is 25.5. The molecule has 5 heteroatoms. The van der Waals surface area contributed by atoms with Gasteiger partial charge in [0.15, 0.2) is 0 Å². The van der Waals surface area contributed by atoms with Crippen LogP contribution in [0.5, 0.6) is 17.2 Å². The Balaban J connectivity index is 1.49. The molecule has 0 fully saturated rings. The van der Waals surface area contributed by atoms with E-state index in [1.165, 1.54) is 0 Å². The summed E-state index contributed by atoms with van der Waals surface area (Å²) in [5.74, 6) is 3.31. The molecule has 0 aliphatic heterocycles. The van der Waals surface area contributed by atoms with Gasteiger partial charge in [0.25, 0.3) is 0 Å². The van der Waals surface area contributed by atoms with Crippen molar-refractivity contribution < 1.29 is 14.2 Å². The van der Waals surface area contributed by atoms with E-state index in [-0.39, 0.29) is 0 Å². The van der Waals surface area contributed by atoms with Crippen LogP contribution in [0, 0.1) is 0 Å². The Morgan fingerprint density at radius 2 is 1.43 bits per heavy atom. The van der Waals surface area contributed by atoms with Crippen LogP contribution < -0.4 is 14.2 Å². The molecule has 0 aliphatic carbocycles. The molecule has 0 bridgehead atoms. The fourth-order valence-corrected chi connectivity index (χ4v) is 3.08. The van der Waals surface area contributed by atoms with Crippen molar-refractivity contribution in [3.05, 3.63) is 84.7 Å². The first-order valence-corrected chi connectivity index (χ1v) is 9.22. The van der Waals surface area contributed by atoms with Gasteiger partial charge in [0.05, 0.1) is 24.7 Å². The number of methoxy groups -OCH3 is 1. The number of fused-ring (bicyclic) bond motifs is 1. The van der Waals surface area contributed by atoms with Crippen molar-refractivity contribution in [3.63, 3.8) is 0 Å². The summed E-state index contributed by atoms with van der Waals surface area (Å²) in [5.41, 5.74) is 2.03. The van der Waals surface area contributed by atoms with Crippen LogP contribution in [0.25, 0.3) is 11.0 Å². The number of imidazole rings is 1. The number of rotatable bonds is 8. The van der Waals surface area contributed by atoms with Crippen molar-refractivity contribution in [1.82, 2.24) is 9.55 Å². The molecule has 0 radical (unpaired) electrons. The second-order valence-corrected chi connectivity index (χ2v) is 6.29. The van der Waals surface area contributed by atoms with Crippen molar-refractivity contribution in [3.8, 4) is 17.2 Å². The highest BCUT2D eigenvalue weighted by Gasteiger charge is 2.11. The Morgan fingerprint density at radius 1 is 0.750 bits per heavy atom. The van der Waals surface area contributed by atoms with E-state index in [9.17, 15) is 0 Å². The number of hydrogen-bond donors (Lipinski definition) is 0. The highest BCUT2D eigenvalue weighted by molar-refractivity contribution is 5.75. The number of para-hydroxylation sites is 3. The van der Waals surface area contributed by atoms with E-state index in [0.717, 1.165) is 34.1 Å². The molecule has 1 heterocycles. The van der Waals surface area contributed by atoms with Crippen LogP contribution in [-0.2, 0) is 13.2 Å². The molecule has 0 amide bonds. The SMILES string of the molecule is COc1ccc(OCc2nc3ccccc3n2CCOc2ccccc2)cc1. The number of nitrogens with zero attached hydrogens (tertiary/aromatic N) is 2. The number of hydrogen-bond acceptors (Lipinski definition) is 4. The Labute approximate surface area is 164 Å². The molecule has 28 heavy (non-hydrogen) atoms. The monoisotopic (exact) mass is 374 g/mol. The largest absolute Gasteiger partial charge is 0.497 e. The maximum absolute atomic E-state index is 5.95. The Bertz CT molecular complexity index is 1030.